The maximum Gasteiger partial charge on any atom is 0.304 e. The highest BCUT2D eigenvalue weighted by atomic mass is 32.2. The number of aliphatic carboxylic acids is 1. The average molecular weight is 287 g/mol. The van der Waals surface area contributed by atoms with E-state index in [1.807, 2.05) is 0 Å². The van der Waals surface area contributed by atoms with E-state index in [2.05, 4.69) is 0 Å². The first-order chi connectivity index (χ1) is 8.99. The van der Waals surface area contributed by atoms with Crippen LogP contribution in [0.2, 0.25) is 0 Å². The second-order valence-corrected chi connectivity index (χ2v) is 4.56. The van der Waals surface area contributed by atoms with Crippen LogP contribution in [0.4, 0.5) is 5.69 Å². The number of carboxylic acids is 1. The van der Waals surface area contributed by atoms with E-state index >= 15 is 0 Å². The second-order valence-electron chi connectivity index (χ2n) is 3.42. The molecule has 0 saturated carbocycles. The van der Waals surface area contributed by atoms with Gasteiger partial charge in [0.25, 0.3) is 5.69 Å². The molecule has 1 aromatic rings. The Labute approximate surface area is 113 Å². The zero-order valence-corrected chi connectivity index (χ0v) is 11.2. The van der Waals surface area contributed by atoms with Crippen LogP contribution in [0.5, 0.6) is 11.5 Å². The van der Waals surface area contributed by atoms with Crippen molar-refractivity contribution in [3.8, 4) is 11.5 Å². The van der Waals surface area contributed by atoms with Crippen molar-refractivity contribution in [1.29, 1.82) is 0 Å². The summed E-state index contributed by atoms with van der Waals surface area (Å²) in [6.45, 7) is 0. The lowest BCUT2D eigenvalue weighted by molar-refractivity contribution is -0.387. The van der Waals surface area contributed by atoms with Crippen molar-refractivity contribution in [2.24, 2.45) is 0 Å². The molecule has 0 amide bonds. The summed E-state index contributed by atoms with van der Waals surface area (Å²) in [5.41, 5.74) is -0.131. The normalized spacial score (nSPS) is 10.0. The van der Waals surface area contributed by atoms with Gasteiger partial charge in [0.2, 0.25) is 0 Å². The number of nitro groups is 1. The van der Waals surface area contributed by atoms with E-state index in [0.717, 1.165) is 11.8 Å². The highest BCUT2D eigenvalue weighted by Gasteiger charge is 2.19. The molecule has 0 atom stereocenters. The molecule has 8 heteroatoms. The SMILES string of the molecule is COc1cc(SCCC(=O)O)c([N+](=O)[O-])cc1OC. The Kier molecular flexibility index (Phi) is 5.43. The third-order valence-electron chi connectivity index (χ3n) is 2.24. The van der Waals surface area contributed by atoms with Crippen LogP contribution in [0.3, 0.4) is 0 Å². The smallest absolute Gasteiger partial charge is 0.304 e. The Hall–Kier alpha value is -1.96. The summed E-state index contributed by atoms with van der Waals surface area (Å²) < 4.78 is 10.1. The molecule has 7 nitrogen and oxygen atoms in total. The van der Waals surface area contributed by atoms with Gasteiger partial charge in [-0.3, -0.25) is 14.9 Å². The Morgan fingerprint density at radius 2 is 1.95 bits per heavy atom. The summed E-state index contributed by atoms with van der Waals surface area (Å²) >= 11 is 1.09. The van der Waals surface area contributed by atoms with Crippen LogP contribution in [-0.2, 0) is 4.79 Å². The summed E-state index contributed by atoms with van der Waals surface area (Å²) in [5.74, 6) is -0.0793. The molecule has 0 spiro atoms. The number of ether oxygens (including phenoxy) is 2. The van der Waals surface area contributed by atoms with Gasteiger partial charge in [0.05, 0.1) is 36.5 Å². The van der Waals surface area contributed by atoms with Crippen LogP contribution in [0, 0.1) is 10.1 Å². The zero-order chi connectivity index (χ0) is 14.4. The first kappa shape index (κ1) is 15.1. The van der Waals surface area contributed by atoms with Crippen molar-refractivity contribution in [2.75, 3.05) is 20.0 Å². The predicted octanol–water partition coefficient (Wildman–Crippen LogP) is 2.18. The van der Waals surface area contributed by atoms with Crippen LogP contribution >= 0.6 is 11.8 Å². The summed E-state index contributed by atoms with van der Waals surface area (Å²) in [6, 6.07) is 2.74. The quantitative estimate of drug-likeness (QED) is 0.466. The summed E-state index contributed by atoms with van der Waals surface area (Å²) in [6.07, 6.45) is -0.0732. The van der Waals surface area contributed by atoms with E-state index in [-0.39, 0.29) is 23.6 Å². The van der Waals surface area contributed by atoms with Crippen molar-refractivity contribution in [2.45, 2.75) is 11.3 Å². The van der Waals surface area contributed by atoms with Gasteiger partial charge in [0, 0.05) is 11.8 Å². The molecule has 0 unspecified atom stereocenters. The fourth-order valence-corrected chi connectivity index (χ4v) is 2.32. The molecule has 0 aliphatic heterocycles. The number of hydrogen-bond acceptors (Lipinski definition) is 6. The monoisotopic (exact) mass is 287 g/mol. The van der Waals surface area contributed by atoms with E-state index in [9.17, 15) is 14.9 Å². The minimum Gasteiger partial charge on any atom is -0.493 e. The molecule has 0 saturated heterocycles. The lowest BCUT2D eigenvalue weighted by Crippen LogP contribution is -1.99. The Balaban J connectivity index is 3.05. The van der Waals surface area contributed by atoms with Crippen LogP contribution in [0.15, 0.2) is 17.0 Å². The standard InChI is InChI=1S/C11H13NO6S/c1-17-8-5-7(12(15)16)10(6-9(8)18-2)19-4-3-11(13)14/h5-6H,3-4H2,1-2H3,(H,13,14). The fourth-order valence-electron chi connectivity index (χ4n) is 1.36. The molecule has 1 rings (SSSR count). The van der Waals surface area contributed by atoms with Crippen molar-refractivity contribution >= 4 is 23.4 Å². The van der Waals surface area contributed by atoms with Gasteiger partial charge in [0.15, 0.2) is 11.5 Å². The molecule has 0 aromatic heterocycles. The summed E-state index contributed by atoms with van der Waals surface area (Å²) in [7, 11) is 2.81. The first-order valence-electron chi connectivity index (χ1n) is 5.24. The number of rotatable bonds is 7. The highest BCUT2D eigenvalue weighted by molar-refractivity contribution is 7.99. The molecule has 0 bridgehead atoms. The van der Waals surface area contributed by atoms with Crippen molar-refractivity contribution < 1.29 is 24.3 Å². The van der Waals surface area contributed by atoms with Gasteiger partial charge in [-0.1, -0.05) is 0 Å². The van der Waals surface area contributed by atoms with Crippen molar-refractivity contribution in [1.82, 2.24) is 0 Å². The van der Waals surface area contributed by atoms with Crippen LogP contribution in [0.1, 0.15) is 6.42 Å². The molecule has 0 aliphatic rings. The van der Waals surface area contributed by atoms with Gasteiger partial charge in [-0.2, -0.15) is 0 Å². The number of methoxy groups -OCH3 is 2. The van der Waals surface area contributed by atoms with Gasteiger partial charge in [-0.05, 0) is 0 Å². The molecule has 19 heavy (non-hydrogen) atoms. The largest absolute Gasteiger partial charge is 0.493 e. The lowest BCUT2D eigenvalue weighted by atomic mass is 10.3. The maximum atomic E-state index is 11.0. The van der Waals surface area contributed by atoms with E-state index in [1.54, 1.807) is 0 Å². The summed E-state index contributed by atoms with van der Waals surface area (Å²) in [4.78, 5) is 21.2. The summed E-state index contributed by atoms with van der Waals surface area (Å²) in [5, 5.41) is 19.5. The molecule has 0 fully saturated rings. The highest BCUT2D eigenvalue weighted by Crippen LogP contribution is 2.39. The van der Waals surface area contributed by atoms with Gasteiger partial charge in [0.1, 0.15) is 0 Å². The number of nitro benzene ring substituents is 1. The third kappa shape index (κ3) is 4.02. The lowest BCUT2D eigenvalue weighted by Gasteiger charge is -2.09. The van der Waals surface area contributed by atoms with E-state index in [4.69, 9.17) is 14.6 Å². The van der Waals surface area contributed by atoms with Crippen molar-refractivity contribution in [3.05, 3.63) is 22.2 Å². The number of carbonyl (C=O) groups is 1. The minimum absolute atomic E-state index is 0.0732. The average Bonchev–Trinajstić information content (AvgIpc) is 2.37. The molecule has 0 radical (unpaired) electrons. The topological polar surface area (TPSA) is 98.9 Å². The van der Waals surface area contributed by atoms with Crippen LogP contribution < -0.4 is 9.47 Å². The Morgan fingerprint density at radius 3 is 2.42 bits per heavy atom. The van der Waals surface area contributed by atoms with E-state index in [1.165, 1.54) is 26.4 Å². The number of benzene rings is 1. The maximum absolute atomic E-state index is 11.0. The van der Waals surface area contributed by atoms with Gasteiger partial charge in [-0.15, -0.1) is 11.8 Å². The number of hydrogen-bond donors (Lipinski definition) is 1. The Bertz CT molecular complexity index is 490. The second kappa shape index (κ2) is 6.83. The molecule has 1 N–H and O–H groups in total. The van der Waals surface area contributed by atoms with Crippen molar-refractivity contribution in [3.63, 3.8) is 0 Å². The Morgan fingerprint density at radius 1 is 1.37 bits per heavy atom. The molecular formula is C11H13NO6S. The number of carboxylic acid groups (broad SMARTS) is 1. The molecule has 0 heterocycles. The molecule has 0 aliphatic carbocycles. The molecule has 104 valence electrons. The minimum atomic E-state index is -0.948. The van der Waals surface area contributed by atoms with E-state index in [0.29, 0.717) is 10.6 Å². The molecule has 1 aromatic carbocycles. The number of nitrogens with zero attached hydrogens (tertiary/aromatic N) is 1. The van der Waals surface area contributed by atoms with Crippen LogP contribution in [-0.4, -0.2) is 36.0 Å². The van der Waals surface area contributed by atoms with Gasteiger partial charge < -0.3 is 14.6 Å². The van der Waals surface area contributed by atoms with Gasteiger partial charge >= 0.3 is 5.97 Å². The van der Waals surface area contributed by atoms with E-state index < -0.39 is 10.9 Å². The first-order valence-corrected chi connectivity index (χ1v) is 6.23. The van der Waals surface area contributed by atoms with Crippen LogP contribution in [0.25, 0.3) is 0 Å². The number of thioether (sulfide) groups is 1. The molecular weight excluding hydrogens is 274 g/mol. The fraction of sp³-hybridized carbons (Fsp3) is 0.364. The third-order valence-corrected chi connectivity index (χ3v) is 3.28. The predicted molar refractivity (Wildman–Crippen MR) is 69.2 cm³/mol. The van der Waals surface area contributed by atoms with Gasteiger partial charge in [-0.25, -0.2) is 0 Å². The zero-order valence-electron chi connectivity index (χ0n) is 10.4.